The maximum Gasteiger partial charge on any atom is 0.343 e. The van der Waals surface area contributed by atoms with Crippen LogP contribution in [-0.4, -0.2) is 35.1 Å². The van der Waals surface area contributed by atoms with E-state index >= 15 is 0 Å². The Morgan fingerprint density at radius 1 is 1.13 bits per heavy atom. The summed E-state index contributed by atoms with van der Waals surface area (Å²) < 4.78 is 10.5. The lowest BCUT2D eigenvalue weighted by atomic mass is 10.2. The molecule has 1 heterocycles. The number of esters is 1. The zero-order valence-electron chi connectivity index (χ0n) is 16.3. The van der Waals surface area contributed by atoms with Crippen molar-refractivity contribution in [3.05, 3.63) is 58.6 Å². The SMILES string of the molecule is COc1ccc(C(=O)Oc2ccc([C@H]3SC(NC(C)=O)=NN3C(C)=O)cc2Cl)cc1. The van der Waals surface area contributed by atoms with Gasteiger partial charge in [0, 0.05) is 13.8 Å². The number of rotatable bonds is 4. The number of nitrogens with zero attached hydrogens (tertiary/aromatic N) is 2. The molecular weight excluding hydrogens is 430 g/mol. The highest BCUT2D eigenvalue weighted by molar-refractivity contribution is 8.14. The van der Waals surface area contributed by atoms with E-state index in [9.17, 15) is 14.4 Å². The second kappa shape index (κ2) is 9.19. The molecule has 8 nitrogen and oxygen atoms in total. The number of hydrogen-bond acceptors (Lipinski definition) is 7. The monoisotopic (exact) mass is 447 g/mol. The van der Waals surface area contributed by atoms with Gasteiger partial charge >= 0.3 is 5.97 Å². The largest absolute Gasteiger partial charge is 0.497 e. The van der Waals surface area contributed by atoms with Gasteiger partial charge in [-0.3, -0.25) is 9.59 Å². The lowest BCUT2D eigenvalue weighted by Gasteiger charge is -2.19. The fraction of sp³-hybridized carbons (Fsp3) is 0.200. The van der Waals surface area contributed by atoms with Crippen LogP contribution in [0.2, 0.25) is 5.02 Å². The molecule has 10 heteroatoms. The molecule has 1 aliphatic rings. The van der Waals surface area contributed by atoms with Crippen molar-refractivity contribution in [3.8, 4) is 11.5 Å². The van der Waals surface area contributed by atoms with Crippen LogP contribution in [0.3, 0.4) is 0 Å². The number of hydrogen-bond donors (Lipinski definition) is 1. The number of thioether (sulfide) groups is 1. The number of ether oxygens (including phenoxy) is 2. The number of amides is 2. The van der Waals surface area contributed by atoms with Crippen molar-refractivity contribution in [2.45, 2.75) is 19.2 Å². The van der Waals surface area contributed by atoms with E-state index in [1.54, 1.807) is 42.5 Å². The molecule has 0 unspecified atom stereocenters. The molecule has 2 aromatic carbocycles. The number of nitrogens with one attached hydrogen (secondary N) is 1. The van der Waals surface area contributed by atoms with Crippen LogP contribution in [0.1, 0.15) is 35.1 Å². The minimum atomic E-state index is -0.566. The molecule has 2 aromatic rings. The lowest BCUT2D eigenvalue weighted by Crippen LogP contribution is -2.25. The molecule has 1 atom stereocenters. The first-order valence-corrected chi connectivity index (χ1v) is 10.0. The Kier molecular flexibility index (Phi) is 6.63. The van der Waals surface area contributed by atoms with E-state index in [2.05, 4.69) is 10.4 Å². The predicted octanol–water partition coefficient (Wildman–Crippen LogP) is 3.57. The van der Waals surface area contributed by atoms with Crippen LogP contribution in [0.25, 0.3) is 0 Å². The summed E-state index contributed by atoms with van der Waals surface area (Å²) in [6.07, 6.45) is 0. The van der Waals surface area contributed by atoms with Gasteiger partial charge in [-0.25, -0.2) is 9.80 Å². The smallest absolute Gasteiger partial charge is 0.343 e. The molecule has 0 aliphatic carbocycles. The summed E-state index contributed by atoms with van der Waals surface area (Å²) in [4.78, 5) is 35.6. The lowest BCUT2D eigenvalue weighted by molar-refractivity contribution is -0.129. The highest BCUT2D eigenvalue weighted by Crippen LogP contribution is 2.41. The maximum atomic E-state index is 12.4. The highest BCUT2D eigenvalue weighted by atomic mass is 35.5. The first kappa shape index (κ1) is 21.7. The number of benzene rings is 2. The third-order valence-corrected chi connectivity index (χ3v) is 5.42. The van der Waals surface area contributed by atoms with Crippen molar-refractivity contribution < 1.29 is 23.9 Å². The molecule has 1 aliphatic heterocycles. The summed E-state index contributed by atoms with van der Waals surface area (Å²) in [5, 5.41) is 7.97. The van der Waals surface area contributed by atoms with E-state index in [4.69, 9.17) is 21.1 Å². The summed E-state index contributed by atoms with van der Waals surface area (Å²) in [5.74, 6) is -0.340. The highest BCUT2D eigenvalue weighted by Gasteiger charge is 2.32. The van der Waals surface area contributed by atoms with Gasteiger partial charge in [0.1, 0.15) is 16.9 Å². The van der Waals surface area contributed by atoms with Gasteiger partial charge in [-0.1, -0.05) is 29.4 Å². The van der Waals surface area contributed by atoms with Crippen molar-refractivity contribution in [2.75, 3.05) is 7.11 Å². The van der Waals surface area contributed by atoms with Gasteiger partial charge in [0.25, 0.3) is 0 Å². The van der Waals surface area contributed by atoms with Crippen LogP contribution >= 0.6 is 23.4 Å². The molecule has 2 amide bonds. The number of carbonyl (C=O) groups is 3. The van der Waals surface area contributed by atoms with Gasteiger partial charge in [-0.05, 0) is 42.0 Å². The maximum absolute atomic E-state index is 12.4. The van der Waals surface area contributed by atoms with Crippen molar-refractivity contribution in [2.24, 2.45) is 5.10 Å². The molecule has 30 heavy (non-hydrogen) atoms. The topological polar surface area (TPSA) is 97.3 Å². The van der Waals surface area contributed by atoms with Crippen LogP contribution in [-0.2, 0) is 9.59 Å². The molecule has 156 valence electrons. The van der Waals surface area contributed by atoms with Crippen molar-refractivity contribution in [3.63, 3.8) is 0 Å². The van der Waals surface area contributed by atoms with Crippen molar-refractivity contribution >= 4 is 46.3 Å². The van der Waals surface area contributed by atoms with Gasteiger partial charge in [-0.15, -0.1) is 5.10 Å². The standard InChI is InChI=1S/C20H18ClN3O5S/c1-11(25)22-20-23-24(12(2)26)18(30-20)14-6-9-17(16(21)10-14)29-19(27)13-4-7-15(28-3)8-5-13/h4-10,18H,1-3H3,(H,22,23,25)/t18-/m1/s1. The second-order valence-corrected chi connectivity index (χ2v) is 7.70. The van der Waals surface area contributed by atoms with E-state index in [-0.39, 0.29) is 22.6 Å². The van der Waals surface area contributed by atoms with Crippen LogP contribution in [0.15, 0.2) is 47.6 Å². The number of amidine groups is 1. The van der Waals surface area contributed by atoms with Crippen LogP contribution < -0.4 is 14.8 Å². The predicted molar refractivity (Wildman–Crippen MR) is 114 cm³/mol. The molecule has 3 rings (SSSR count). The Hall–Kier alpha value is -3.04. The zero-order chi connectivity index (χ0) is 21.8. The van der Waals surface area contributed by atoms with Gasteiger partial charge in [-0.2, -0.15) is 0 Å². The number of hydrazone groups is 1. The Morgan fingerprint density at radius 2 is 1.83 bits per heavy atom. The molecule has 0 bridgehead atoms. The Bertz CT molecular complexity index is 1030. The molecule has 0 fully saturated rings. The summed E-state index contributed by atoms with van der Waals surface area (Å²) in [5.41, 5.74) is 1.01. The van der Waals surface area contributed by atoms with Gasteiger partial charge in [0.15, 0.2) is 5.17 Å². The van der Waals surface area contributed by atoms with E-state index < -0.39 is 11.3 Å². The average Bonchev–Trinajstić information content (AvgIpc) is 3.13. The van der Waals surface area contributed by atoms with Gasteiger partial charge in [0.2, 0.25) is 11.8 Å². The fourth-order valence-electron chi connectivity index (χ4n) is 2.62. The minimum absolute atomic E-state index is 0.182. The van der Waals surface area contributed by atoms with E-state index in [0.717, 1.165) is 0 Å². The quantitative estimate of drug-likeness (QED) is 0.568. The normalized spacial score (nSPS) is 15.4. The fourth-order valence-corrected chi connectivity index (χ4v) is 3.97. The molecule has 0 radical (unpaired) electrons. The average molecular weight is 448 g/mol. The summed E-state index contributed by atoms with van der Waals surface area (Å²) in [6.45, 7) is 2.73. The second-order valence-electron chi connectivity index (χ2n) is 6.23. The van der Waals surface area contributed by atoms with Crippen LogP contribution in [0.5, 0.6) is 11.5 Å². The number of halogens is 1. The molecule has 1 N–H and O–H groups in total. The Labute approximate surface area is 182 Å². The molecule has 0 aromatic heterocycles. The van der Waals surface area contributed by atoms with Crippen molar-refractivity contribution in [1.29, 1.82) is 0 Å². The molecule has 0 spiro atoms. The van der Waals surface area contributed by atoms with Crippen molar-refractivity contribution in [1.82, 2.24) is 10.3 Å². The van der Waals surface area contributed by atoms with Gasteiger partial charge < -0.3 is 14.8 Å². The van der Waals surface area contributed by atoms with E-state index in [1.165, 1.54) is 37.7 Å². The Balaban J connectivity index is 1.76. The Morgan fingerprint density at radius 3 is 2.40 bits per heavy atom. The van der Waals surface area contributed by atoms with Gasteiger partial charge in [0.05, 0.1) is 17.7 Å². The van der Waals surface area contributed by atoms with Crippen LogP contribution in [0, 0.1) is 0 Å². The number of carbonyl (C=O) groups excluding carboxylic acids is 3. The summed E-state index contributed by atoms with van der Waals surface area (Å²) in [6, 6.07) is 11.3. The summed E-state index contributed by atoms with van der Waals surface area (Å²) >= 11 is 7.52. The molecule has 0 saturated heterocycles. The number of methoxy groups -OCH3 is 1. The van der Waals surface area contributed by atoms with E-state index in [1.807, 2.05) is 0 Å². The van der Waals surface area contributed by atoms with Crippen LogP contribution in [0.4, 0.5) is 0 Å². The minimum Gasteiger partial charge on any atom is -0.497 e. The first-order valence-electron chi connectivity index (χ1n) is 8.77. The third-order valence-electron chi connectivity index (χ3n) is 4.02. The first-order chi connectivity index (χ1) is 14.3. The zero-order valence-corrected chi connectivity index (χ0v) is 17.9. The molecule has 0 saturated carbocycles. The summed E-state index contributed by atoms with van der Waals surface area (Å²) in [7, 11) is 1.54. The van der Waals surface area contributed by atoms with E-state index in [0.29, 0.717) is 22.0 Å². The molecular formula is C20H18ClN3O5S. The third kappa shape index (κ3) is 4.92.